The summed E-state index contributed by atoms with van der Waals surface area (Å²) in [6, 6.07) is 14.1. The first-order valence-electron chi connectivity index (χ1n) is 25.3. The van der Waals surface area contributed by atoms with Crippen LogP contribution in [0.3, 0.4) is 0 Å². The Hall–Kier alpha value is -3.98. The number of nitrogens with one attached hydrogen (secondary N) is 4. The molecular weight excluding hydrogens is 1000 g/mol. The lowest BCUT2D eigenvalue weighted by Crippen LogP contribution is -2.38. The maximum absolute atomic E-state index is 12.9. The topological polar surface area (TPSA) is 241 Å². The number of rotatable bonds is 37. The van der Waals surface area contributed by atoms with Crippen LogP contribution in [0.2, 0.25) is 0 Å². The Bertz CT molecular complexity index is 2300. The van der Waals surface area contributed by atoms with Gasteiger partial charge in [-0.3, -0.25) is 9.59 Å². The second-order valence-electron chi connectivity index (χ2n) is 17.9. The number of ether oxygens (including phenoxy) is 8. The Balaban J connectivity index is 0.689. The molecule has 0 unspecified atom stereocenters. The van der Waals surface area contributed by atoms with Crippen LogP contribution in [0.15, 0.2) is 48.7 Å². The van der Waals surface area contributed by atoms with Crippen LogP contribution in [0.4, 0.5) is 10.5 Å². The summed E-state index contributed by atoms with van der Waals surface area (Å²) in [7, 11) is -3.27. The van der Waals surface area contributed by atoms with Gasteiger partial charge in [0.2, 0.25) is 21.8 Å². The Morgan fingerprint density at radius 3 is 1.93 bits per heavy atom. The van der Waals surface area contributed by atoms with Crippen molar-refractivity contribution in [1.82, 2.24) is 24.8 Å². The van der Waals surface area contributed by atoms with E-state index in [2.05, 4.69) is 32.0 Å². The maximum atomic E-state index is 12.9. The van der Waals surface area contributed by atoms with Gasteiger partial charge in [0.1, 0.15) is 4.99 Å². The Labute approximate surface area is 439 Å². The van der Waals surface area contributed by atoms with Crippen LogP contribution in [0, 0.1) is 0 Å². The fourth-order valence-electron chi connectivity index (χ4n) is 8.81. The van der Waals surface area contributed by atoms with Crippen molar-refractivity contribution >= 4 is 73.4 Å². The van der Waals surface area contributed by atoms with Gasteiger partial charge in [0.05, 0.1) is 136 Å². The number of aromatic nitrogens is 1. The van der Waals surface area contributed by atoms with Gasteiger partial charge in [-0.15, -0.1) is 0 Å². The number of fused-ring (bicyclic) bond motifs is 2. The normalized spacial score (nSPS) is 18.2. The zero-order chi connectivity index (χ0) is 51.7. The summed E-state index contributed by atoms with van der Waals surface area (Å²) in [6.07, 6.45) is 8.14. The highest BCUT2D eigenvalue weighted by atomic mass is 32.2. The van der Waals surface area contributed by atoms with Gasteiger partial charge in [0.15, 0.2) is 0 Å². The number of thioether (sulfide) groups is 1. The van der Waals surface area contributed by atoms with Crippen molar-refractivity contribution in [3.05, 3.63) is 54.2 Å². The molecule has 20 nitrogen and oxygen atoms in total. The lowest BCUT2D eigenvalue weighted by molar-refractivity contribution is -0.121. The average Bonchev–Trinajstić information content (AvgIpc) is 4.07. The predicted molar refractivity (Wildman–Crippen MR) is 285 cm³/mol. The molecule has 0 saturated carbocycles. The van der Waals surface area contributed by atoms with Gasteiger partial charge in [-0.2, -0.15) is 11.8 Å². The van der Waals surface area contributed by atoms with Gasteiger partial charge in [-0.25, -0.2) is 17.5 Å². The lowest BCUT2D eigenvalue weighted by Gasteiger charge is -2.31. The first kappa shape index (κ1) is 58.3. The number of sulfonamides is 1. The van der Waals surface area contributed by atoms with Crippen LogP contribution >= 0.6 is 24.0 Å². The van der Waals surface area contributed by atoms with E-state index in [0.29, 0.717) is 154 Å². The molecule has 1 aromatic heterocycles. The number of carbonyl (C=O) groups is 3. The second-order valence-corrected chi connectivity index (χ2v) is 21.6. The predicted octanol–water partition coefficient (Wildman–Crippen LogP) is 3.84. The number of benzene rings is 2. The van der Waals surface area contributed by atoms with Gasteiger partial charge in [-0.1, -0.05) is 42.9 Å². The molecule has 4 heterocycles. The van der Waals surface area contributed by atoms with Gasteiger partial charge >= 0.3 is 6.03 Å². The molecule has 0 bridgehead atoms. The SMILES string of the molecule is CS(=O)(=O)N1CCC(n2cc(-c3cccc(C(N)=S)c3)c3ccc(NC(=O)CCOCCOCCOCCOCCOCCOCCOCCOCCNC(=O)CCCC[C@@H]4SC[C@@H]5NC(=O)N[C@@H]54)cc32)CC1. The van der Waals surface area contributed by atoms with Crippen molar-refractivity contribution in [3.8, 4) is 11.1 Å². The summed E-state index contributed by atoms with van der Waals surface area (Å²) in [5.41, 5.74) is 10.3. The molecule has 3 fully saturated rings. The van der Waals surface area contributed by atoms with E-state index in [1.807, 2.05) is 54.2 Å². The number of nitrogens with zero attached hydrogens (tertiary/aromatic N) is 2. The van der Waals surface area contributed by atoms with E-state index in [1.165, 1.54) is 10.6 Å². The molecule has 0 aliphatic carbocycles. The van der Waals surface area contributed by atoms with E-state index < -0.39 is 10.0 Å². The molecule has 3 aliphatic heterocycles. The third kappa shape index (κ3) is 20.2. The minimum Gasteiger partial charge on any atom is -0.389 e. The highest BCUT2D eigenvalue weighted by molar-refractivity contribution is 8.00. The molecule has 4 amide bonds. The van der Waals surface area contributed by atoms with Crippen molar-refractivity contribution in [2.75, 3.05) is 143 Å². The van der Waals surface area contributed by atoms with E-state index >= 15 is 0 Å². The van der Waals surface area contributed by atoms with Crippen molar-refractivity contribution in [1.29, 1.82) is 0 Å². The van der Waals surface area contributed by atoms with Crippen molar-refractivity contribution < 1.29 is 60.7 Å². The Morgan fingerprint density at radius 1 is 0.753 bits per heavy atom. The van der Waals surface area contributed by atoms with E-state index in [9.17, 15) is 22.8 Å². The number of hydrogen-bond donors (Lipinski definition) is 5. The van der Waals surface area contributed by atoms with Crippen LogP contribution in [-0.2, 0) is 57.5 Å². The van der Waals surface area contributed by atoms with Crippen molar-refractivity contribution in [2.24, 2.45) is 5.73 Å². The largest absolute Gasteiger partial charge is 0.389 e. The first-order chi connectivity index (χ1) is 35.5. The summed E-state index contributed by atoms with van der Waals surface area (Å²) >= 11 is 7.13. The van der Waals surface area contributed by atoms with Gasteiger partial charge in [-0.05, 0) is 49.4 Å². The maximum Gasteiger partial charge on any atom is 0.315 e. The highest BCUT2D eigenvalue weighted by Crippen LogP contribution is 2.38. The Morgan fingerprint density at radius 2 is 1.34 bits per heavy atom. The molecule has 73 heavy (non-hydrogen) atoms. The average molecular weight is 1080 g/mol. The summed E-state index contributed by atoms with van der Waals surface area (Å²) in [6.45, 7) is 8.06. The van der Waals surface area contributed by atoms with Crippen molar-refractivity contribution in [3.63, 3.8) is 0 Å². The van der Waals surface area contributed by atoms with Gasteiger partial charge in [0, 0.05) is 71.5 Å². The zero-order valence-electron chi connectivity index (χ0n) is 42.0. The number of hydrogen-bond acceptors (Lipinski definition) is 15. The smallest absolute Gasteiger partial charge is 0.315 e. The summed E-state index contributed by atoms with van der Waals surface area (Å²) in [5, 5.41) is 13.3. The summed E-state index contributed by atoms with van der Waals surface area (Å²) in [5.74, 6) is 0.806. The summed E-state index contributed by atoms with van der Waals surface area (Å²) < 4.78 is 72.6. The molecule has 0 spiro atoms. The molecule has 0 radical (unpaired) electrons. The van der Waals surface area contributed by atoms with Crippen LogP contribution in [-0.4, -0.2) is 195 Å². The van der Waals surface area contributed by atoms with Crippen LogP contribution in [0.5, 0.6) is 0 Å². The lowest BCUT2D eigenvalue weighted by atomic mass is 10.0. The van der Waals surface area contributed by atoms with E-state index in [-0.39, 0.29) is 49.0 Å². The van der Waals surface area contributed by atoms with Crippen molar-refractivity contribution in [2.45, 2.75) is 68.3 Å². The van der Waals surface area contributed by atoms with Gasteiger partial charge in [0.25, 0.3) is 0 Å². The number of piperidine rings is 1. The zero-order valence-corrected chi connectivity index (χ0v) is 44.5. The molecule has 3 aromatic rings. The quantitative estimate of drug-likeness (QED) is 0.0313. The van der Waals surface area contributed by atoms with Crippen LogP contribution in [0.1, 0.15) is 56.6 Å². The monoisotopic (exact) mass is 1080 g/mol. The molecule has 3 atom stereocenters. The van der Waals surface area contributed by atoms with Crippen LogP contribution < -0.4 is 27.0 Å². The number of amides is 4. The minimum atomic E-state index is -3.27. The summed E-state index contributed by atoms with van der Waals surface area (Å²) in [4.78, 5) is 36.8. The van der Waals surface area contributed by atoms with E-state index in [0.717, 1.165) is 52.6 Å². The molecule has 406 valence electrons. The second kappa shape index (κ2) is 31.8. The number of nitrogens with two attached hydrogens (primary N) is 1. The number of anilines is 1. The van der Waals surface area contributed by atoms with E-state index in [1.54, 1.807) is 0 Å². The first-order valence-corrected chi connectivity index (χ1v) is 28.6. The number of unbranched alkanes of at least 4 members (excludes halogenated alkanes) is 1. The molecule has 3 aliphatic rings. The van der Waals surface area contributed by atoms with E-state index in [4.69, 9.17) is 55.8 Å². The van der Waals surface area contributed by atoms with Crippen LogP contribution in [0.25, 0.3) is 22.0 Å². The fraction of sp³-hybridized carbons (Fsp3) is 0.640. The number of urea groups is 1. The molecule has 6 N–H and O–H groups in total. The highest BCUT2D eigenvalue weighted by Gasteiger charge is 2.42. The third-order valence-corrected chi connectivity index (χ3v) is 15.6. The molecule has 2 aromatic carbocycles. The number of thiocarbonyl (C=S) groups is 1. The minimum absolute atomic E-state index is 0.0316. The molecule has 23 heteroatoms. The van der Waals surface area contributed by atoms with Gasteiger partial charge < -0.3 is 69.5 Å². The molecule has 3 saturated heterocycles. The molecule has 6 rings (SSSR count). The third-order valence-electron chi connectivity index (χ3n) is 12.6. The standard InChI is InChI=1S/C50H75N7O13S3/c1-73(61,62)56-15-11-40(12-16-56)57-35-42(37-5-4-6-38(33-37)49(51)71)41-10-9-39(34-44(41)57)53-47(59)13-17-63-19-21-65-23-25-67-27-29-69-31-32-70-30-28-68-26-24-66-22-20-64-18-14-52-46(58)8-3-2-7-45-48-43(36-72-45)54-50(60)55-48/h4-6,9-10,33-35,40,43,45,48H,2-3,7-8,11-32,36H2,1H3,(H2,51,71)(H,52,58)(H,53,59)(H2,54,55,60)/t43-,45-,48-/m0/s1. The molecular formula is C50H75N7O13S3. The Kier molecular flexibility index (Phi) is 25.4. The number of carbonyl (C=O) groups excluding carboxylic acids is 3. The fourth-order valence-corrected chi connectivity index (χ4v) is 11.4.